The van der Waals surface area contributed by atoms with E-state index in [1.165, 1.54) is 12.3 Å². The van der Waals surface area contributed by atoms with Gasteiger partial charge in [-0.25, -0.2) is 0 Å². The Bertz CT molecular complexity index is 264. The Labute approximate surface area is 57.3 Å². The largest absolute Gasteiger partial charge is 0.364 e. The first-order valence-electron chi connectivity index (χ1n) is 2.62. The van der Waals surface area contributed by atoms with Crippen LogP contribution in [0.25, 0.3) is 6.08 Å². The number of primary amides is 1. The van der Waals surface area contributed by atoms with E-state index in [2.05, 4.69) is 16.3 Å². The first-order chi connectivity index (χ1) is 4.75. The normalized spacial score (nSPS) is 9.20. The molecule has 1 heterocycles. The zero-order chi connectivity index (χ0) is 7.56. The van der Waals surface area contributed by atoms with Crippen LogP contribution in [0.15, 0.2) is 17.4 Å². The average molecular weight is 138 g/mol. The molecule has 0 fully saturated rings. The lowest BCUT2D eigenvalue weighted by molar-refractivity contribution is 0.0991. The highest BCUT2D eigenvalue weighted by atomic mass is 16.5. The van der Waals surface area contributed by atoms with Gasteiger partial charge in [0, 0.05) is 5.56 Å². The van der Waals surface area contributed by atoms with E-state index in [4.69, 9.17) is 5.73 Å². The van der Waals surface area contributed by atoms with Crippen molar-refractivity contribution in [2.45, 2.75) is 0 Å². The molecular weight excluding hydrogens is 132 g/mol. The fourth-order valence-electron chi connectivity index (χ4n) is 0.576. The number of aromatic nitrogens is 1. The Morgan fingerprint density at radius 1 is 1.90 bits per heavy atom. The van der Waals surface area contributed by atoms with Crippen LogP contribution in [0, 0.1) is 0 Å². The van der Waals surface area contributed by atoms with Gasteiger partial charge in [0.2, 0.25) is 0 Å². The summed E-state index contributed by atoms with van der Waals surface area (Å²) in [5, 5.41) is 3.37. The molecule has 0 saturated heterocycles. The van der Waals surface area contributed by atoms with Gasteiger partial charge in [0.1, 0.15) is 6.26 Å². The van der Waals surface area contributed by atoms with E-state index in [1.807, 2.05) is 0 Å². The summed E-state index contributed by atoms with van der Waals surface area (Å²) in [4.78, 5) is 10.5. The molecule has 0 saturated carbocycles. The third-order valence-electron chi connectivity index (χ3n) is 1.05. The molecule has 1 aromatic rings. The summed E-state index contributed by atoms with van der Waals surface area (Å²) in [6, 6.07) is 0. The van der Waals surface area contributed by atoms with E-state index in [9.17, 15) is 4.79 Å². The van der Waals surface area contributed by atoms with Gasteiger partial charge in [-0.1, -0.05) is 17.8 Å². The van der Waals surface area contributed by atoms with Crippen molar-refractivity contribution in [3.63, 3.8) is 0 Å². The second-order valence-electron chi connectivity index (χ2n) is 1.69. The second kappa shape index (κ2) is 2.34. The molecule has 2 N–H and O–H groups in total. The lowest BCUT2D eigenvalue weighted by Crippen LogP contribution is -2.12. The van der Waals surface area contributed by atoms with Gasteiger partial charge in [0.25, 0.3) is 5.91 Å². The maximum absolute atomic E-state index is 10.5. The van der Waals surface area contributed by atoms with Gasteiger partial charge >= 0.3 is 0 Å². The van der Waals surface area contributed by atoms with Crippen LogP contribution in [0.3, 0.4) is 0 Å². The molecule has 52 valence electrons. The predicted octanol–water partition coefficient (Wildman–Crippen LogP) is 0.417. The topological polar surface area (TPSA) is 69.1 Å². The number of hydrogen-bond donors (Lipinski definition) is 1. The van der Waals surface area contributed by atoms with Gasteiger partial charge in [-0.15, -0.1) is 0 Å². The number of carbonyl (C=O) groups excluding carboxylic acids is 1. The van der Waals surface area contributed by atoms with Crippen LogP contribution in [-0.4, -0.2) is 11.1 Å². The Hall–Kier alpha value is -1.58. The van der Waals surface area contributed by atoms with Crippen molar-refractivity contribution in [2.75, 3.05) is 0 Å². The summed E-state index contributed by atoms with van der Waals surface area (Å²) < 4.78 is 4.48. The molecular formula is C6H6N2O2. The maximum atomic E-state index is 10.5. The van der Waals surface area contributed by atoms with Gasteiger partial charge in [-0.05, 0) is 0 Å². The Kier molecular flexibility index (Phi) is 1.53. The van der Waals surface area contributed by atoms with Crippen LogP contribution >= 0.6 is 0 Å². The summed E-state index contributed by atoms with van der Waals surface area (Å²) >= 11 is 0. The Morgan fingerprint density at radius 2 is 2.60 bits per heavy atom. The zero-order valence-electron chi connectivity index (χ0n) is 5.20. The molecule has 4 heteroatoms. The maximum Gasteiger partial charge on any atom is 0.271 e. The van der Waals surface area contributed by atoms with E-state index in [-0.39, 0.29) is 5.69 Å². The SMILES string of the molecule is C=Cc1conc1C(N)=O. The van der Waals surface area contributed by atoms with Crippen molar-refractivity contribution in [3.05, 3.63) is 24.1 Å². The highest BCUT2D eigenvalue weighted by molar-refractivity contribution is 5.94. The van der Waals surface area contributed by atoms with Crippen molar-refractivity contribution in [1.29, 1.82) is 0 Å². The molecule has 0 aliphatic rings. The average Bonchev–Trinajstić information content (AvgIpc) is 2.33. The van der Waals surface area contributed by atoms with Gasteiger partial charge in [-0.2, -0.15) is 0 Å². The zero-order valence-corrected chi connectivity index (χ0v) is 5.20. The molecule has 0 aliphatic heterocycles. The number of amides is 1. The monoisotopic (exact) mass is 138 g/mol. The van der Waals surface area contributed by atoms with E-state index in [0.717, 1.165) is 0 Å². The fourth-order valence-corrected chi connectivity index (χ4v) is 0.576. The summed E-state index contributed by atoms with van der Waals surface area (Å²) in [5.41, 5.74) is 5.57. The minimum absolute atomic E-state index is 0.120. The lowest BCUT2D eigenvalue weighted by Gasteiger charge is -1.84. The third kappa shape index (κ3) is 0.907. The van der Waals surface area contributed by atoms with Crippen molar-refractivity contribution in [2.24, 2.45) is 5.73 Å². The Morgan fingerprint density at radius 3 is 3.00 bits per heavy atom. The molecule has 0 atom stereocenters. The highest BCUT2D eigenvalue weighted by Gasteiger charge is 2.08. The predicted molar refractivity (Wildman–Crippen MR) is 35.1 cm³/mol. The van der Waals surface area contributed by atoms with E-state index >= 15 is 0 Å². The Balaban J connectivity index is 3.13. The highest BCUT2D eigenvalue weighted by Crippen LogP contribution is 2.05. The van der Waals surface area contributed by atoms with Crippen LogP contribution in [0.4, 0.5) is 0 Å². The molecule has 4 nitrogen and oxygen atoms in total. The standard InChI is InChI=1S/C6H6N2O2/c1-2-4-3-10-8-5(4)6(7)9/h2-3H,1H2,(H2,7,9). The molecule has 1 rings (SSSR count). The molecule has 0 aliphatic carbocycles. The minimum Gasteiger partial charge on any atom is -0.364 e. The second-order valence-corrected chi connectivity index (χ2v) is 1.69. The van der Waals surface area contributed by atoms with Crippen LogP contribution in [0.2, 0.25) is 0 Å². The summed E-state index contributed by atoms with van der Waals surface area (Å²) in [6.07, 6.45) is 2.77. The first kappa shape index (κ1) is 6.54. The van der Waals surface area contributed by atoms with Gasteiger partial charge < -0.3 is 10.3 Å². The van der Waals surface area contributed by atoms with Crippen LogP contribution < -0.4 is 5.73 Å². The molecule has 0 unspecified atom stereocenters. The minimum atomic E-state index is -0.608. The number of rotatable bonds is 2. The van der Waals surface area contributed by atoms with Gasteiger partial charge in [-0.3, -0.25) is 4.79 Å². The van der Waals surface area contributed by atoms with E-state index in [0.29, 0.717) is 5.56 Å². The number of hydrogen-bond acceptors (Lipinski definition) is 3. The van der Waals surface area contributed by atoms with Gasteiger partial charge in [0.05, 0.1) is 0 Å². The van der Waals surface area contributed by atoms with Crippen molar-refractivity contribution in [1.82, 2.24) is 5.16 Å². The summed E-state index contributed by atoms with van der Waals surface area (Å²) in [6.45, 7) is 3.44. The smallest absolute Gasteiger partial charge is 0.271 e. The number of nitrogens with zero attached hydrogens (tertiary/aromatic N) is 1. The number of nitrogens with two attached hydrogens (primary N) is 1. The molecule has 1 amide bonds. The number of carbonyl (C=O) groups is 1. The summed E-state index contributed by atoms with van der Waals surface area (Å²) in [7, 11) is 0. The lowest BCUT2D eigenvalue weighted by atomic mass is 10.2. The molecule has 0 aromatic carbocycles. The molecule has 0 radical (unpaired) electrons. The molecule has 0 bridgehead atoms. The van der Waals surface area contributed by atoms with E-state index in [1.54, 1.807) is 0 Å². The van der Waals surface area contributed by atoms with Crippen LogP contribution in [-0.2, 0) is 0 Å². The van der Waals surface area contributed by atoms with E-state index < -0.39 is 5.91 Å². The third-order valence-corrected chi connectivity index (χ3v) is 1.05. The first-order valence-corrected chi connectivity index (χ1v) is 2.62. The van der Waals surface area contributed by atoms with Crippen molar-refractivity contribution in [3.8, 4) is 0 Å². The van der Waals surface area contributed by atoms with Crippen molar-refractivity contribution >= 4 is 12.0 Å². The quantitative estimate of drug-likeness (QED) is 0.643. The molecule has 0 spiro atoms. The molecule has 10 heavy (non-hydrogen) atoms. The van der Waals surface area contributed by atoms with Crippen LogP contribution in [0.5, 0.6) is 0 Å². The fraction of sp³-hybridized carbons (Fsp3) is 0. The van der Waals surface area contributed by atoms with Crippen LogP contribution in [0.1, 0.15) is 16.1 Å². The van der Waals surface area contributed by atoms with Gasteiger partial charge in [0.15, 0.2) is 5.69 Å². The van der Waals surface area contributed by atoms with Crippen molar-refractivity contribution < 1.29 is 9.32 Å². The summed E-state index contributed by atoms with van der Waals surface area (Å²) in [5.74, 6) is -0.608. The molecule has 1 aromatic heterocycles.